The lowest BCUT2D eigenvalue weighted by atomic mass is 10.0. The van der Waals surface area contributed by atoms with Gasteiger partial charge in [0.05, 0.1) is 18.7 Å². The van der Waals surface area contributed by atoms with Crippen molar-refractivity contribution in [1.29, 1.82) is 0 Å². The highest BCUT2D eigenvalue weighted by molar-refractivity contribution is 6.01. The minimum Gasteiger partial charge on any atom is -0.495 e. The first-order chi connectivity index (χ1) is 11.4. The van der Waals surface area contributed by atoms with Crippen molar-refractivity contribution in [3.05, 3.63) is 53.6 Å². The zero-order valence-corrected chi connectivity index (χ0v) is 13.8. The summed E-state index contributed by atoms with van der Waals surface area (Å²) in [5.74, 6) is -1.18. The van der Waals surface area contributed by atoms with Crippen LogP contribution in [0.4, 0.5) is 16.2 Å². The smallest absolute Gasteiger partial charge is 0.323 e. The molecule has 24 heavy (non-hydrogen) atoms. The number of nitrogens with one attached hydrogen (secondary N) is 2. The molecule has 0 bridgehead atoms. The largest absolute Gasteiger partial charge is 0.495 e. The highest BCUT2D eigenvalue weighted by Gasteiger charge is 2.16. The van der Waals surface area contributed by atoms with Crippen molar-refractivity contribution in [3.63, 3.8) is 0 Å². The Balaban J connectivity index is 2.15. The molecule has 0 aliphatic carbocycles. The average molecular weight is 328 g/mol. The summed E-state index contributed by atoms with van der Waals surface area (Å²) in [6.07, 6.45) is 0. The number of aliphatic carboxylic acids is 1. The Morgan fingerprint density at radius 1 is 1.08 bits per heavy atom. The van der Waals surface area contributed by atoms with Crippen LogP contribution in [0.5, 0.6) is 5.75 Å². The van der Waals surface area contributed by atoms with E-state index in [4.69, 9.17) is 9.84 Å². The van der Waals surface area contributed by atoms with Gasteiger partial charge in [0.1, 0.15) is 5.75 Å². The van der Waals surface area contributed by atoms with Gasteiger partial charge in [-0.2, -0.15) is 0 Å². The molecule has 6 heteroatoms. The second kappa shape index (κ2) is 7.50. The van der Waals surface area contributed by atoms with E-state index < -0.39 is 17.9 Å². The molecule has 0 aliphatic heterocycles. The summed E-state index contributed by atoms with van der Waals surface area (Å²) >= 11 is 0. The van der Waals surface area contributed by atoms with Gasteiger partial charge in [-0.1, -0.05) is 24.3 Å². The van der Waals surface area contributed by atoms with E-state index >= 15 is 0 Å². The molecule has 2 aromatic carbocycles. The number of methoxy groups -OCH3 is 1. The maximum absolute atomic E-state index is 12.2. The van der Waals surface area contributed by atoms with E-state index in [-0.39, 0.29) is 0 Å². The summed E-state index contributed by atoms with van der Waals surface area (Å²) in [4.78, 5) is 23.2. The van der Waals surface area contributed by atoms with Crippen molar-refractivity contribution in [2.24, 2.45) is 0 Å². The number of aryl methyl sites for hydroxylation is 1. The van der Waals surface area contributed by atoms with Crippen LogP contribution in [0.2, 0.25) is 0 Å². The zero-order chi connectivity index (χ0) is 17.7. The lowest BCUT2D eigenvalue weighted by Crippen LogP contribution is -2.20. The summed E-state index contributed by atoms with van der Waals surface area (Å²) in [5.41, 5.74) is 2.73. The summed E-state index contributed by atoms with van der Waals surface area (Å²) in [5, 5.41) is 14.6. The van der Waals surface area contributed by atoms with Crippen LogP contribution >= 0.6 is 0 Å². The Morgan fingerprint density at radius 3 is 2.38 bits per heavy atom. The zero-order valence-electron chi connectivity index (χ0n) is 13.8. The van der Waals surface area contributed by atoms with Crippen LogP contribution in [-0.4, -0.2) is 24.2 Å². The first-order valence-corrected chi connectivity index (χ1v) is 7.46. The molecule has 0 aliphatic rings. The van der Waals surface area contributed by atoms with Crippen LogP contribution in [0.3, 0.4) is 0 Å². The fraction of sp³-hybridized carbons (Fsp3) is 0.222. The summed E-state index contributed by atoms with van der Waals surface area (Å²) in [6.45, 7) is 3.49. The number of benzene rings is 2. The molecule has 0 saturated heterocycles. The Bertz CT molecular complexity index is 758. The van der Waals surface area contributed by atoms with Crippen LogP contribution in [0.15, 0.2) is 42.5 Å². The molecule has 1 atom stereocenters. The Morgan fingerprint density at radius 2 is 1.75 bits per heavy atom. The van der Waals surface area contributed by atoms with E-state index in [1.54, 1.807) is 25.1 Å². The lowest BCUT2D eigenvalue weighted by molar-refractivity contribution is -0.138. The SMILES string of the molecule is COc1cc(C(C)C(=O)O)ccc1NC(=O)Nc1ccccc1C. The molecule has 3 N–H and O–H groups in total. The maximum Gasteiger partial charge on any atom is 0.323 e. The number of ether oxygens (including phenoxy) is 1. The number of hydrogen-bond acceptors (Lipinski definition) is 3. The second-order valence-electron chi connectivity index (χ2n) is 5.41. The van der Waals surface area contributed by atoms with Crippen molar-refractivity contribution in [2.45, 2.75) is 19.8 Å². The Kier molecular flexibility index (Phi) is 5.42. The van der Waals surface area contributed by atoms with Crippen LogP contribution in [0.25, 0.3) is 0 Å². The number of carbonyl (C=O) groups is 2. The molecule has 2 amide bonds. The third kappa shape index (κ3) is 4.04. The van der Waals surface area contributed by atoms with E-state index in [1.807, 2.05) is 31.2 Å². The van der Waals surface area contributed by atoms with Gasteiger partial charge in [0, 0.05) is 5.69 Å². The van der Waals surface area contributed by atoms with Gasteiger partial charge in [0.2, 0.25) is 0 Å². The predicted octanol–water partition coefficient (Wildman–Crippen LogP) is 3.84. The van der Waals surface area contributed by atoms with E-state index in [9.17, 15) is 9.59 Å². The predicted molar refractivity (Wildman–Crippen MR) is 92.9 cm³/mol. The highest BCUT2D eigenvalue weighted by atomic mass is 16.5. The summed E-state index contributed by atoms with van der Waals surface area (Å²) in [7, 11) is 1.47. The molecule has 2 rings (SSSR count). The molecule has 0 radical (unpaired) electrons. The van der Waals surface area contributed by atoms with Gasteiger partial charge in [0.25, 0.3) is 0 Å². The maximum atomic E-state index is 12.2. The topological polar surface area (TPSA) is 87.7 Å². The fourth-order valence-corrected chi connectivity index (χ4v) is 2.21. The van der Waals surface area contributed by atoms with Crippen molar-refractivity contribution in [2.75, 3.05) is 17.7 Å². The molecular weight excluding hydrogens is 308 g/mol. The number of rotatable bonds is 5. The summed E-state index contributed by atoms with van der Waals surface area (Å²) < 4.78 is 5.26. The Hall–Kier alpha value is -3.02. The molecule has 0 saturated carbocycles. The molecule has 0 heterocycles. The number of carboxylic acids is 1. The standard InChI is InChI=1S/C18H20N2O4/c1-11-6-4-5-7-14(11)19-18(23)20-15-9-8-13(10-16(15)24-3)12(2)17(21)22/h4-10,12H,1-3H3,(H,21,22)(H2,19,20,23). The van der Waals surface area contributed by atoms with Gasteiger partial charge in [-0.05, 0) is 43.2 Å². The molecule has 2 aromatic rings. The molecule has 0 fully saturated rings. The number of carbonyl (C=O) groups excluding carboxylic acids is 1. The van der Waals surface area contributed by atoms with Gasteiger partial charge < -0.3 is 20.5 Å². The van der Waals surface area contributed by atoms with Crippen LogP contribution < -0.4 is 15.4 Å². The molecule has 126 valence electrons. The molecule has 6 nitrogen and oxygen atoms in total. The monoisotopic (exact) mass is 328 g/mol. The van der Waals surface area contributed by atoms with E-state index in [0.29, 0.717) is 22.7 Å². The number of hydrogen-bond donors (Lipinski definition) is 3. The van der Waals surface area contributed by atoms with Gasteiger partial charge in [-0.25, -0.2) is 4.79 Å². The van der Waals surface area contributed by atoms with Gasteiger partial charge >= 0.3 is 12.0 Å². The van der Waals surface area contributed by atoms with Gasteiger partial charge in [-0.15, -0.1) is 0 Å². The van der Waals surface area contributed by atoms with Crippen molar-refractivity contribution in [3.8, 4) is 5.75 Å². The van der Waals surface area contributed by atoms with E-state index in [2.05, 4.69) is 10.6 Å². The van der Waals surface area contributed by atoms with E-state index in [1.165, 1.54) is 7.11 Å². The number of carboxylic acid groups (broad SMARTS) is 1. The Labute approximate surface area is 140 Å². The van der Waals surface area contributed by atoms with Crippen LogP contribution in [0, 0.1) is 6.92 Å². The summed E-state index contributed by atoms with van der Waals surface area (Å²) in [6, 6.07) is 11.9. The number of para-hydroxylation sites is 1. The number of urea groups is 1. The fourth-order valence-electron chi connectivity index (χ4n) is 2.21. The second-order valence-corrected chi connectivity index (χ2v) is 5.41. The lowest BCUT2D eigenvalue weighted by Gasteiger charge is -2.14. The normalized spacial score (nSPS) is 11.5. The number of anilines is 2. The quantitative estimate of drug-likeness (QED) is 0.778. The molecule has 1 unspecified atom stereocenters. The van der Waals surface area contributed by atoms with Gasteiger partial charge in [-0.3, -0.25) is 4.79 Å². The molecular formula is C18H20N2O4. The first-order valence-electron chi connectivity index (χ1n) is 7.46. The highest BCUT2D eigenvalue weighted by Crippen LogP contribution is 2.29. The average Bonchev–Trinajstić information content (AvgIpc) is 2.56. The third-order valence-electron chi connectivity index (χ3n) is 3.74. The van der Waals surface area contributed by atoms with Gasteiger partial charge in [0.15, 0.2) is 0 Å². The minimum atomic E-state index is -0.921. The van der Waals surface area contributed by atoms with E-state index in [0.717, 1.165) is 5.56 Å². The van der Waals surface area contributed by atoms with Crippen LogP contribution in [0.1, 0.15) is 24.0 Å². The molecule has 0 spiro atoms. The minimum absolute atomic E-state index is 0.401. The van der Waals surface area contributed by atoms with Crippen molar-refractivity contribution in [1.82, 2.24) is 0 Å². The third-order valence-corrected chi connectivity index (χ3v) is 3.74. The van der Waals surface area contributed by atoms with Crippen molar-refractivity contribution < 1.29 is 19.4 Å². The first kappa shape index (κ1) is 17.3. The van der Waals surface area contributed by atoms with Crippen LogP contribution in [-0.2, 0) is 4.79 Å². The molecule has 0 aromatic heterocycles. The number of amides is 2. The van der Waals surface area contributed by atoms with Crippen molar-refractivity contribution >= 4 is 23.4 Å².